The molecule has 26 heavy (non-hydrogen) atoms. The van der Waals surface area contributed by atoms with E-state index in [0.717, 1.165) is 27.7 Å². The molecule has 0 saturated heterocycles. The zero-order valence-electron chi connectivity index (χ0n) is 14.8. The van der Waals surface area contributed by atoms with Crippen LogP contribution >= 0.6 is 35.3 Å². The Morgan fingerprint density at radius 3 is 2.54 bits per heavy atom. The lowest BCUT2D eigenvalue weighted by Crippen LogP contribution is -2.36. The third-order valence-corrected chi connectivity index (χ3v) is 4.51. The van der Waals surface area contributed by atoms with Crippen LogP contribution in [0.4, 0.5) is 13.2 Å². The Kier molecular flexibility index (Phi) is 8.81. The number of benzene rings is 1. The number of hydrogen-bond donors (Lipinski definition) is 2. The molecular formula is C17H22F3IN4S. The highest BCUT2D eigenvalue weighted by atomic mass is 127. The summed E-state index contributed by atoms with van der Waals surface area (Å²) in [6.45, 7) is 7.24. The van der Waals surface area contributed by atoms with Crippen molar-refractivity contribution in [1.29, 1.82) is 0 Å². The van der Waals surface area contributed by atoms with E-state index in [-0.39, 0.29) is 30.5 Å². The number of hydrogen-bond acceptors (Lipinski definition) is 3. The van der Waals surface area contributed by atoms with Gasteiger partial charge in [0.25, 0.3) is 0 Å². The molecule has 0 saturated carbocycles. The van der Waals surface area contributed by atoms with Gasteiger partial charge in [0.15, 0.2) is 5.96 Å². The summed E-state index contributed by atoms with van der Waals surface area (Å²) in [7, 11) is 0. The van der Waals surface area contributed by atoms with Crippen LogP contribution in [0.3, 0.4) is 0 Å². The minimum absolute atomic E-state index is 0. The fourth-order valence-corrected chi connectivity index (χ4v) is 3.14. The monoisotopic (exact) mass is 498 g/mol. The molecule has 0 spiro atoms. The highest BCUT2D eigenvalue weighted by Gasteiger charge is 2.30. The molecule has 1 aromatic heterocycles. The lowest BCUT2D eigenvalue weighted by molar-refractivity contribution is -0.137. The quantitative estimate of drug-likeness (QED) is 0.359. The van der Waals surface area contributed by atoms with E-state index >= 15 is 0 Å². The van der Waals surface area contributed by atoms with Gasteiger partial charge in [-0.15, -0.1) is 35.3 Å². The van der Waals surface area contributed by atoms with E-state index in [1.807, 2.05) is 20.8 Å². The largest absolute Gasteiger partial charge is 0.416 e. The molecule has 2 N–H and O–H groups in total. The smallest absolute Gasteiger partial charge is 0.357 e. The van der Waals surface area contributed by atoms with Crippen LogP contribution in [-0.4, -0.2) is 17.5 Å². The van der Waals surface area contributed by atoms with Crippen LogP contribution in [0.2, 0.25) is 0 Å². The Morgan fingerprint density at radius 2 is 1.96 bits per heavy atom. The Labute approximate surface area is 172 Å². The first-order valence-electron chi connectivity index (χ1n) is 7.90. The molecule has 0 aliphatic carbocycles. The van der Waals surface area contributed by atoms with Crippen LogP contribution in [0.5, 0.6) is 0 Å². The fraction of sp³-hybridized carbons (Fsp3) is 0.412. The van der Waals surface area contributed by atoms with Crippen molar-refractivity contribution in [2.45, 2.75) is 40.0 Å². The maximum Gasteiger partial charge on any atom is 0.416 e. The number of aromatic nitrogens is 1. The molecule has 0 atom stereocenters. The summed E-state index contributed by atoms with van der Waals surface area (Å²) in [5.74, 6) is 0.561. The molecule has 0 unspecified atom stereocenters. The average molecular weight is 498 g/mol. The number of alkyl halides is 3. The molecule has 4 nitrogen and oxygen atoms in total. The molecule has 0 aliphatic heterocycles. The molecule has 0 bridgehead atoms. The van der Waals surface area contributed by atoms with Gasteiger partial charge in [0.05, 0.1) is 29.4 Å². The van der Waals surface area contributed by atoms with Crippen molar-refractivity contribution in [3.05, 3.63) is 51.0 Å². The van der Waals surface area contributed by atoms with Crippen LogP contribution < -0.4 is 10.6 Å². The number of nitrogens with one attached hydrogen (secondary N) is 2. The van der Waals surface area contributed by atoms with Gasteiger partial charge in [0.1, 0.15) is 0 Å². The number of guanidine groups is 1. The minimum atomic E-state index is -4.34. The molecule has 9 heteroatoms. The fourth-order valence-electron chi connectivity index (χ4n) is 2.26. The van der Waals surface area contributed by atoms with Gasteiger partial charge in [-0.3, -0.25) is 0 Å². The van der Waals surface area contributed by atoms with Gasteiger partial charge in [-0.1, -0.05) is 12.1 Å². The predicted octanol–water partition coefficient (Wildman–Crippen LogP) is 4.65. The molecule has 0 amide bonds. The maximum atomic E-state index is 12.8. The number of aliphatic imine (C=N–C) groups is 1. The lowest BCUT2D eigenvalue weighted by atomic mass is 10.1. The molecule has 0 radical (unpaired) electrons. The van der Waals surface area contributed by atoms with E-state index in [0.29, 0.717) is 24.6 Å². The van der Waals surface area contributed by atoms with Crippen molar-refractivity contribution in [2.75, 3.05) is 6.54 Å². The summed E-state index contributed by atoms with van der Waals surface area (Å²) in [5.41, 5.74) is 0.828. The maximum absolute atomic E-state index is 12.8. The highest BCUT2D eigenvalue weighted by Crippen LogP contribution is 2.29. The van der Waals surface area contributed by atoms with Gasteiger partial charge in [0, 0.05) is 11.4 Å². The van der Waals surface area contributed by atoms with Crippen LogP contribution in [0.15, 0.2) is 29.3 Å². The van der Waals surface area contributed by atoms with Crippen molar-refractivity contribution in [2.24, 2.45) is 4.99 Å². The summed E-state index contributed by atoms with van der Waals surface area (Å²) in [6.07, 6.45) is -4.34. The van der Waals surface area contributed by atoms with Crippen LogP contribution in [0.1, 0.15) is 33.6 Å². The zero-order chi connectivity index (χ0) is 18.4. The Bertz CT molecular complexity index is 744. The molecule has 1 aromatic carbocycles. The van der Waals surface area contributed by atoms with Crippen LogP contribution in [0.25, 0.3) is 0 Å². The molecule has 144 valence electrons. The van der Waals surface area contributed by atoms with Crippen molar-refractivity contribution in [3.8, 4) is 0 Å². The second-order valence-electron chi connectivity index (χ2n) is 5.49. The SMILES string of the molecule is CCNC(=NCc1cccc(C(F)(F)F)c1)NCc1sc(C)nc1C.I. The topological polar surface area (TPSA) is 49.3 Å². The van der Waals surface area contributed by atoms with Crippen molar-refractivity contribution in [1.82, 2.24) is 15.6 Å². The second kappa shape index (κ2) is 10.1. The molecule has 2 aromatic rings. The third kappa shape index (κ3) is 6.75. The van der Waals surface area contributed by atoms with E-state index in [1.54, 1.807) is 17.4 Å². The van der Waals surface area contributed by atoms with Gasteiger partial charge < -0.3 is 10.6 Å². The summed E-state index contributed by atoms with van der Waals surface area (Å²) < 4.78 is 38.3. The Hall–Kier alpha value is -1.36. The number of halogens is 4. The first-order valence-corrected chi connectivity index (χ1v) is 8.72. The van der Waals surface area contributed by atoms with Gasteiger partial charge >= 0.3 is 6.18 Å². The van der Waals surface area contributed by atoms with Crippen molar-refractivity contribution < 1.29 is 13.2 Å². The summed E-state index contributed by atoms with van der Waals surface area (Å²) in [5, 5.41) is 7.29. The summed E-state index contributed by atoms with van der Waals surface area (Å²) >= 11 is 1.61. The van der Waals surface area contributed by atoms with Gasteiger partial charge in [-0.25, -0.2) is 9.98 Å². The van der Waals surface area contributed by atoms with E-state index < -0.39 is 11.7 Å². The minimum Gasteiger partial charge on any atom is -0.357 e. The lowest BCUT2D eigenvalue weighted by Gasteiger charge is -2.11. The highest BCUT2D eigenvalue weighted by molar-refractivity contribution is 14.0. The molecule has 2 rings (SSSR count). The van der Waals surface area contributed by atoms with Gasteiger partial charge in [-0.05, 0) is 38.5 Å². The van der Waals surface area contributed by atoms with Crippen LogP contribution in [-0.2, 0) is 19.3 Å². The van der Waals surface area contributed by atoms with Crippen molar-refractivity contribution in [3.63, 3.8) is 0 Å². The number of aryl methyl sites for hydroxylation is 2. The molecule has 0 aliphatic rings. The Balaban J connectivity index is 0.00000338. The van der Waals surface area contributed by atoms with E-state index in [2.05, 4.69) is 20.6 Å². The molecular weight excluding hydrogens is 476 g/mol. The first-order chi connectivity index (χ1) is 11.8. The number of rotatable bonds is 5. The van der Waals surface area contributed by atoms with Gasteiger partial charge in [0.2, 0.25) is 0 Å². The summed E-state index contributed by atoms with van der Waals surface area (Å²) in [6, 6.07) is 5.23. The summed E-state index contributed by atoms with van der Waals surface area (Å²) in [4.78, 5) is 9.86. The predicted molar refractivity (Wildman–Crippen MR) is 110 cm³/mol. The first kappa shape index (κ1) is 22.7. The third-order valence-electron chi connectivity index (χ3n) is 3.43. The second-order valence-corrected chi connectivity index (χ2v) is 6.78. The Morgan fingerprint density at radius 1 is 1.23 bits per heavy atom. The van der Waals surface area contributed by atoms with Crippen molar-refractivity contribution >= 4 is 41.3 Å². The zero-order valence-corrected chi connectivity index (χ0v) is 17.9. The molecule has 1 heterocycles. The van der Waals surface area contributed by atoms with E-state index in [1.165, 1.54) is 6.07 Å². The average Bonchev–Trinajstić information content (AvgIpc) is 2.87. The number of nitrogens with zero attached hydrogens (tertiary/aromatic N) is 2. The van der Waals surface area contributed by atoms with Crippen LogP contribution in [0, 0.1) is 13.8 Å². The molecule has 0 fully saturated rings. The van der Waals surface area contributed by atoms with E-state index in [4.69, 9.17) is 0 Å². The van der Waals surface area contributed by atoms with E-state index in [9.17, 15) is 13.2 Å². The normalized spacial score (nSPS) is 11.8. The number of thiazole rings is 1. The standard InChI is InChI=1S/C17H21F3N4S.HI/c1-4-21-16(23-10-15-11(2)24-12(3)25-15)22-9-13-6-5-7-14(8-13)17(18,19)20;/h5-8H,4,9-10H2,1-3H3,(H2,21,22,23);1H. The van der Waals surface area contributed by atoms with Gasteiger partial charge in [-0.2, -0.15) is 13.2 Å².